The van der Waals surface area contributed by atoms with E-state index in [0.29, 0.717) is 5.82 Å². The topological polar surface area (TPSA) is 25.8 Å². The highest BCUT2D eigenvalue weighted by molar-refractivity contribution is 7.26. The predicted octanol–water partition coefficient (Wildman–Crippen LogP) is 12.3. The Morgan fingerprint density at radius 1 is 0.383 bits per heavy atom. The first kappa shape index (κ1) is 27.4. The van der Waals surface area contributed by atoms with Crippen LogP contribution in [-0.2, 0) is 0 Å². The number of rotatable bonds is 5. The Kier molecular flexibility index (Phi) is 6.69. The minimum atomic E-state index is 0.713. The van der Waals surface area contributed by atoms with Gasteiger partial charge < -0.3 is 0 Å². The zero-order chi connectivity index (χ0) is 31.2. The van der Waals surface area contributed by atoms with Crippen LogP contribution in [0.2, 0.25) is 0 Å². The molecule has 7 aromatic carbocycles. The molecule has 0 unspecified atom stereocenters. The Morgan fingerprint density at radius 3 is 1.66 bits per heavy atom. The first-order chi connectivity index (χ1) is 23.3. The van der Waals surface area contributed by atoms with E-state index in [2.05, 4.69) is 158 Å². The zero-order valence-corrected chi connectivity index (χ0v) is 26.3. The summed E-state index contributed by atoms with van der Waals surface area (Å²) in [5.41, 5.74) is 9.71. The van der Waals surface area contributed by atoms with Gasteiger partial charge >= 0.3 is 0 Å². The highest BCUT2D eigenvalue weighted by Gasteiger charge is 2.15. The van der Waals surface area contributed by atoms with Crippen molar-refractivity contribution in [3.63, 3.8) is 0 Å². The van der Waals surface area contributed by atoms with E-state index in [1.165, 1.54) is 42.1 Å². The summed E-state index contributed by atoms with van der Waals surface area (Å²) in [6, 6.07) is 60.2. The molecule has 0 spiro atoms. The van der Waals surface area contributed by atoms with E-state index in [1.807, 2.05) is 23.5 Å². The lowest BCUT2D eigenvalue weighted by Gasteiger charge is -2.11. The van der Waals surface area contributed by atoms with Crippen molar-refractivity contribution in [1.29, 1.82) is 0 Å². The lowest BCUT2D eigenvalue weighted by Crippen LogP contribution is -1.96. The largest absolute Gasteiger partial charge is 0.228 e. The second-order valence-electron chi connectivity index (χ2n) is 11.8. The van der Waals surface area contributed by atoms with Gasteiger partial charge in [0, 0.05) is 36.9 Å². The van der Waals surface area contributed by atoms with E-state index in [0.717, 1.165) is 39.2 Å². The summed E-state index contributed by atoms with van der Waals surface area (Å²) in [4.78, 5) is 10.1. The van der Waals surface area contributed by atoms with E-state index >= 15 is 0 Å². The fourth-order valence-electron chi connectivity index (χ4n) is 6.59. The van der Waals surface area contributed by atoms with Crippen LogP contribution in [0.25, 0.3) is 87.1 Å². The summed E-state index contributed by atoms with van der Waals surface area (Å²) in [5.74, 6) is 0.713. The van der Waals surface area contributed by atoms with Crippen LogP contribution in [-0.4, -0.2) is 9.97 Å². The van der Waals surface area contributed by atoms with E-state index in [1.54, 1.807) is 0 Å². The molecule has 9 rings (SSSR count). The summed E-state index contributed by atoms with van der Waals surface area (Å²) in [7, 11) is 0. The highest BCUT2D eigenvalue weighted by atomic mass is 32.1. The summed E-state index contributed by atoms with van der Waals surface area (Å²) in [6.45, 7) is 0. The molecule has 0 amide bonds. The van der Waals surface area contributed by atoms with Crippen LogP contribution < -0.4 is 0 Å². The zero-order valence-electron chi connectivity index (χ0n) is 25.5. The van der Waals surface area contributed by atoms with Gasteiger partial charge in [0.25, 0.3) is 0 Å². The molecule has 3 heteroatoms. The number of hydrogen-bond acceptors (Lipinski definition) is 3. The van der Waals surface area contributed by atoms with Crippen molar-refractivity contribution in [2.24, 2.45) is 0 Å². The first-order valence-corrected chi connectivity index (χ1v) is 16.6. The Labute approximate surface area is 277 Å². The van der Waals surface area contributed by atoms with Crippen molar-refractivity contribution < 1.29 is 0 Å². The quantitative estimate of drug-likeness (QED) is 0.192. The minimum Gasteiger partial charge on any atom is -0.228 e. The molecule has 0 saturated heterocycles. The normalized spacial score (nSPS) is 11.4. The van der Waals surface area contributed by atoms with Gasteiger partial charge in [0.1, 0.15) is 0 Å². The molecule has 0 N–H and O–H groups in total. The molecule has 2 nitrogen and oxygen atoms in total. The maximum atomic E-state index is 5.07. The highest BCUT2D eigenvalue weighted by Crippen LogP contribution is 2.43. The summed E-state index contributed by atoms with van der Waals surface area (Å²) in [6.07, 6.45) is 0. The number of hydrogen-bond donors (Lipinski definition) is 0. The molecule has 2 heterocycles. The minimum absolute atomic E-state index is 0.713. The average molecular weight is 617 g/mol. The third kappa shape index (κ3) is 4.98. The van der Waals surface area contributed by atoms with Crippen LogP contribution in [0.5, 0.6) is 0 Å². The fraction of sp³-hybridized carbons (Fsp3) is 0. The number of aromatic nitrogens is 2. The second-order valence-corrected chi connectivity index (χ2v) is 12.9. The third-order valence-corrected chi connectivity index (χ3v) is 10.1. The van der Waals surface area contributed by atoms with E-state index in [-0.39, 0.29) is 0 Å². The molecule has 47 heavy (non-hydrogen) atoms. The van der Waals surface area contributed by atoms with E-state index in [9.17, 15) is 0 Å². The van der Waals surface area contributed by atoms with Gasteiger partial charge in [-0.1, -0.05) is 146 Å². The third-order valence-electron chi connectivity index (χ3n) is 8.88. The van der Waals surface area contributed by atoms with Crippen molar-refractivity contribution in [1.82, 2.24) is 9.97 Å². The SMILES string of the molecule is c1ccc(-c2cc(-c3ccccc3)nc(-c3cccc(-c4cccc(-c5cccc6c5sc5ccc7ccccc7c56)c4)c3)n2)cc1. The smallest absolute Gasteiger partial charge is 0.160 e. The molecular formula is C44H28N2S. The van der Waals surface area contributed by atoms with Gasteiger partial charge in [-0.2, -0.15) is 0 Å². The molecule has 0 bridgehead atoms. The second kappa shape index (κ2) is 11.5. The Hall–Kier alpha value is -5.90. The molecule has 0 fully saturated rings. The molecule has 0 saturated carbocycles. The van der Waals surface area contributed by atoms with E-state index < -0.39 is 0 Å². The molecule has 220 valence electrons. The van der Waals surface area contributed by atoms with Crippen LogP contribution in [0.3, 0.4) is 0 Å². The number of thiophene rings is 1. The van der Waals surface area contributed by atoms with Gasteiger partial charge in [0.15, 0.2) is 5.82 Å². The fourth-order valence-corrected chi connectivity index (χ4v) is 7.84. The standard InChI is InChI=1S/C44H28N2S/c1-3-13-30(14-4-1)39-28-40(31-15-5-2-6-16-31)46-44(45-39)35-20-10-18-33(27-35)32-17-9-19-34(26-32)37-22-11-23-38-42-36-21-8-7-12-29(36)24-25-41(42)47-43(37)38/h1-28H. The maximum Gasteiger partial charge on any atom is 0.160 e. The molecule has 0 atom stereocenters. The number of benzene rings is 7. The van der Waals surface area contributed by atoms with Gasteiger partial charge in [-0.25, -0.2) is 9.97 Å². The van der Waals surface area contributed by atoms with Gasteiger partial charge in [-0.15, -0.1) is 11.3 Å². The summed E-state index contributed by atoms with van der Waals surface area (Å²) in [5, 5.41) is 5.26. The first-order valence-electron chi connectivity index (χ1n) is 15.8. The number of nitrogens with zero attached hydrogens (tertiary/aromatic N) is 2. The van der Waals surface area contributed by atoms with Gasteiger partial charge in [0.2, 0.25) is 0 Å². The predicted molar refractivity (Wildman–Crippen MR) is 200 cm³/mol. The monoisotopic (exact) mass is 616 g/mol. The molecule has 0 aliphatic rings. The van der Waals surface area contributed by atoms with Gasteiger partial charge in [-0.3, -0.25) is 0 Å². The molecule has 0 radical (unpaired) electrons. The lowest BCUT2D eigenvalue weighted by molar-refractivity contribution is 1.18. The Morgan fingerprint density at radius 2 is 0.936 bits per heavy atom. The summed E-state index contributed by atoms with van der Waals surface area (Å²) >= 11 is 1.88. The maximum absolute atomic E-state index is 5.07. The van der Waals surface area contributed by atoms with Crippen LogP contribution in [0.15, 0.2) is 170 Å². The molecular weight excluding hydrogens is 589 g/mol. The lowest BCUT2D eigenvalue weighted by atomic mass is 9.96. The average Bonchev–Trinajstić information content (AvgIpc) is 3.55. The van der Waals surface area contributed by atoms with Crippen LogP contribution >= 0.6 is 11.3 Å². The van der Waals surface area contributed by atoms with Crippen LogP contribution in [0, 0.1) is 0 Å². The molecule has 2 aromatic heterocycles. The Bertz CT molecular complexity index is 2510. The molecule has 9 aromatic rings. The van der Waals surface area contributed by atoms with Gasteiger partial charge in [-0.05, 0) is 57.3 Å². The van der Waals surface area contributed by atoms with Gasteiger partial charge in [0.05, 0.1) is 11.4 Å². The molecule has 0 aliphatic carbocycles. The van der Waals surface area contributed by atoms with Crippen molar-refractivity contribution in [3.05, 3.63) is 170 Å². The van der Waals surface area contributed by atoms with Crippen molar-refractivity contribution in [2.45, 2.75) is 0 Å². The van der Waals surface area contributed by atoms with Crippen molar-refractivity contribution >= 4 is 42.3 Å². The van der Waals surface area contributed by atoms with Crippen molar-refractivity contribution in [3.8, 4) is 56.2 Å². The Balaban J connectivity index is 1.15. The van der Waals surface area contributed by atoms with Crippen LogP contribution in [0.4, 0.5) is 0 Å². The van der Waals surface area contributed by atoms with Crippen LogP contribution in [0.1, 0.15) is 0 Å². The summed E-state index contributed by atoms with van der Waals surface area (Å²) < 4.78 is 2.65. The van der Waals surface area contributed by atoms with E-state index in [4.69, 9.17) is 9.97 Å². The number of fused-ring (bicyclic) bond motifs is 5. The molecule has 0 aliphatic heterocycles. The van der Waals surface area contributed by atoms with Crippen molar-refractivity contribution in [2.75, 3.05) is 0 Å².